The second-order valence-electron chi connectivity index (χ2n) is 4.23. The number of fused-ring (bicyclic) bond motifs is 3. The lowest BCUT2D eigenvalue weighted by Gasteiger charge is -2.08. The van der Waals surface area contributed by atoms with Gasteiger partial charge in [-0.2, -0.15) is 0 Å². The molecule has 18 heavy (non-hydrogen) atoms. The Morgan fingerprint density at radius 3 is 2.89 bits per heavy atom. The summed E-state index contributed by atoms with van der Waals surface area (Å²) in [6.45, 7) is -0.134. The summed E-state index contributed by atoms with van der Waals surface area (Å²) >= 11 is 0. The van der Waals surface area contributed by atoms with Gasteiger partial charge in [-0.1, -0.05) is 30.3 Å². The Kier molecular flexibility index (Phi) is 2.64. The van der Waals surface area contributed by atoms with Crippen molar-refractivity contribution in [3.8, 4) is 11.5 Å². The zero-order valence-corrected chi connectivity index (χ0v) is 9.63. The number of rotatable bonds is 1. The maximum absolute atomic E-state index is 11.8. The molecule has 0 amide bonds. The first-order valence-corrected chi connectivity index (χ1v) is 5.76. The van der Waals surface area contributed by atoms with Crippen LogP contribution in [0.1, 0.15) is 0 Å². The third kappa shape index (κ3) is 1.71. The molecule has 1 heterocycles. The summed E-state index contributed by atoms with van der Waals surface area (Å²) in [6.07, 6.45) is 0. The van der Waals surface area contributed by atoms with E-state index in [1.807, 2.05) is 30.3 Å². The highest BCUT2D eigenvalue weighted by molar-refractivity contribution is 5.93. The Morgan fingerprint density at radius 2 is 2.06 bits per heavy atom. The predicted octanol–water partition coefficient (Wildman–Crippen LogP) is 1.75. The van der Waals surface area contributed by atoms with Crippen LogP contribution in [0.25, 0.3) is 10.8 Å². The molecule has 4 heteroatoms. The molecule has 1 aliphatic heterocycles. The molecule has 1 unspecified atom stereocenters. The Balaban J connectivity index is 2.14. The molecule has 0 saturated heterocycles. The zero-order chi connectivity index (χ0) is 12.5. The predicted molar refractivity (Wildman–Crippen MR) is 65.7 cm³/mol. The molecule has 0 radical (unpaired) electrons. The van der Waals surface area contributed by atoms with Gasteiger partial charge in [-0.05, 0) is 11.5 Å². The van der Waals surface area contributed by atoms with Gasteiger partial charge in [0.2, 0.25) is 0 Å². The van der Waals surface area contributed by atoms with Crippen LogP contribution >= 0.6 is 0 Å². The Labute approximate surface area is 104 Å². The van der Waals surface area contributed by atoms with E-state index in [0.717, 1.165) is 10.8 Å². The molecule has 1 atom stereocenters. The first kappa shape index (κ1) is 11.0. The summed E-state index contributed by atoms with van der Waals surface area (Å²) in [5.41, 5.74) is 0. The van der Waals surface area contributed by atoms with Crippen LogP contribution in [0.4, 0.5) is 0 Å². The molecular weight excluding hydrogens is 232 g/mol. The van der Waals surface area contributed by atoms with Crippen LogP contribution in [-0.4, -0.2) is 24.3 Å². The van der Waals surface area contributed by atoms with Gasteiger partial charge in [0, 0.05) is 5.39 Å². The van der Waals surface area contributed by atoms with Crippen molar-refractivity contribution in [1.82, 2.24) is 0 Å². The standard InChI is InChI=1S/C14H12O4/c15-7-10-8-17-12-6-5-9-3-1-2-4-11(9)13(12)18-14(10)16/h1-6,10,15H,7-8H2. The summed E-state index contributed by atoms with van der Waals surface area (Å²) in [6, 6.07) is 11.3. The highest BCUT2D eigenvalue weighted by Crippen LogP contribution is 2.37. The monoisotopic (exact) mass is 244 g/mol. The van der Waals surface area contributed by atoms with Gasteiger partial charge in [0.15, 0.2) is 11.5 Å². The van der Waals surface area contributed by atoms with Gasteiger partial charge >= 0.3 is 5.97 Å². The molecular formula is C14H12O4. The van der Waals surface area contributed by atoms with E-state index in [4.69, 9.17) is 14.6 Å². The van der Waals surface area contributed by atoms with E-state index in [1.165, 1.54) is 0 Å². The van der Waals surface area contributed by atoms with Crippen molar-refractivity contribution in [2.75, 3.05) is 13.2 Å². The van der Waals surface area contributed by atoms with Crippen molar-refractivity contribution < 1.29 is 19.4 Å². The molecule has 92 valence electrons. The average Bonchev–Trinajstić information content (AvgIpc) is 2.57. The van der Waals surface area contributed by atoms with Gasteiger partial charge in [-0.25, -0.2) is 0 Å². The van der Waals surface area contributed by atoms with Crippen LogP contribution in [0.3, 0.4) is 0 Å². The fourth-order valence-corrected chi connectivity index (χ4v) is 2.01. The zero-order valence-electron chi connectivity index (χ0n) is 9.63. The molecule has 2 aromatic rings. The molecule has 0 aromatic heterocycles. The number of aliphatic hydroxyl groups is 1. The number of carbonyl (C=O) groups is 1. The second-order valence-corrected chi connectivity index (χ2v) is 4.23. The van der Waals surface area contributed by atoms with E-state index >= 15 is 0 Å². The summed E-state index contributed by atoms with van der Waals surface area (Å²) in [5.74, 6) is -0.101. The van der Waals surface area contributed by atoms with E-state index < -0.39 is 11.9 Å². The lowest BCUT2D eigenvalue weighted by Crippen LogP contribution is -2.26. The molecule has 0 bridgehead atoms. The molecule has 3 rings (SSSR count). The third-order valence-corrected chi connectivity index (χ3v) is 3.04. The fraction of sp³-hybridized carbons (Fsp3) is 0.214. The van der Waals surface area contributed by atoms with Crippen LogP contribution in [0, 0.1) is 5.92 Å². The maximum atomic E-state index is 11.8. The number of carbonyl (C=O) groups excluding carboxylic acids is 1. The van der Waals surface area contributed by atoms with Gasteiger partial charge < -0.3 is 14.6 Å². The summed E-state index contributed by atoms with van der Waals surface area (Å²) in [4.78, 5) is 11.8. The minimum atomic E-state index is -0.629. The van der Waals surface area contributed by atoms with Crippen molar-refractivity contribution in [2.24, 2.45) is 5.92 Å². The van der Waals surface area contributed by atoms with E-state index in [-0.39, 0.29) is 13.2 Å². The first-order chi connectivity index (χ1) is 8.79. The number of aliphatic hydroxyl groups excluding tert-OH is 1. The number of hydrogen-bond donors (Lipinski definition) is 1. The van der Waals surface area contributed by atoms with Crippen LogP contribution in [0.5, 0.6) is 11.5 Å². The highest BCUT2D eigenvalue weighted by atomic mass is 16.6. The van der Waals surface area contributed by atoms with Gasteiger partial charge in [0.25, 0.3) is 0 Å². The molecule has 2 aromatic carbocycles. The Morgan fingerprint density at radius 1 is 1.22 bits per heavy atom. The first-order valence-electron chi connectivity index (χ1n) is 5.76. The van der Waals surface area contributed by atoms with Crippen LogP contribution < -0.4 is 9.47 Å². The van der Waals surface area contributed by atoms with Crippen molar-refractivity contribution in [1.29, 1.82) is 0 Å². The minimum absolute atomic E-state index is 0.140. The summed E-state index contributed by atoms with van der Waals surface area (Å²) in [7, 11) is 0. The normalized spacial score (nSPS) is 18.7. The van der Waals surface area contributed by atoms with E-state index in [1.54, 1.807) is 6.07 Å². The SMILES string of the molecule is O=C1Oc2c(ccc3ccccc23)OCC1CO. The summed E-state index contributed by atoms with van der Waals surface area (Å²) in [5, 5.41) is 10.9. The van der Waals surface area contributed by atoms with E-state index in [9.17, 15) is 4.79 Å². The minimum Gasteiger partial charge on any atom is -0.489 e. The molecule has 0 fully saturated rings. The largest absolute Gasteiger partial charge is 0.489 e. The van der Waals surface area contributed by atoms with Gasteiger partial charge in [-0.15, -0.1) is 0 Å². The Hall–Kier alpha value is -2.07. The molecule has 0 aliphatic carbocycles. The number of esters is 1. The van der Waals surface area contributed by atoms with Crippen LogP contribution in [-0.2, 0) is 4.79 Å². The smallest absolute Gasteiger partial charge is 0.320 e. The van der Waals surface area contributed by atoms with Crippen molar-refractivity contribution >= 4 is 16.7 Å². The molecule has 0 spiro atoms. The quantitative estimate of drug-likeness (QED) is 0.613. The van der Waals surface area contributed by atoms with Gasteiger partial charge in [-0.3, -0.25) is 4.79 Å². The van der Waals surface area contributed by atoms with Crippen molar-refractivity contribution in [2.45, 2.75) is 0 Å². The molecule has 1 aliphatic rings. The van der Waals surface area contributed by atoms with Crippen LogP contribution in [0.2, 0.25) is 0 Å². The van der Waals surface area contributed by atoms with Crippen molar-refractivity contribution in [3.63, 3.8) is 0 Å². The van der Waals surface area contributed by atoms with Crippen LogP contribution in [0.15, 0.2) is 36.4 Å². The van der Waals surface area contributed by atoms with Crippen molar-refractivity contribution in [3.05, 3.63) is 36.4 Å². The lowest BCUT2D eigenvalue weighted by molar-refractivity contribution is -0.140. The number of benzene rings is 2. The number of hydrogen-bond acceptors (Lipinski definition) is 4. The topological polar surface area (TPSA) is 55.8 Å². The maximum Gasteiger partial charge on any atom is 0.320 e. The number of ether oxygens (including phenoxy) is 2. The van der Waals surface area contributed by atoms with Gasteiger partial charge in [0.05, 0.1) is 6.61 Å². The molecule has 4 nitrogen and oxygen atoms in total. The molecule has 0 saturated carbocycles. The van der Waals surface area contributed by atoms with E-state index in [2.05, 4.69) is 0 Å². The average molecular weight is 244 g/mol. The second kappa shape index (κ2) is 4.31. The highest BCUT2D eigenvalue weighted by Gasteiger charge is 2.27. The third-order valence-electron chi connectivity index (χ3n) is 3.04. The van der Waals surface area contributed by atoms with E-state index in [0.29, 0.717) is 11.5 Å². The Bertz CT molecular complexity index is 606. The fourth-order valence-electron chi connectivity index (χ4n) is 2.01. The van der Waals surface area contributed by atoms with Gasteiger partial charge in [0.1, 0.15) is 12.5 Å². The lowest BCUT2D eigenvalue weighted by atomic mass is 10.1. The molecule has 1 N–H and O–H groups in total. The summed E-state index contributed by atoms with van der Waals surface area (Å²) < 4.78 is 10.9.